The third kappa shape index (κ3) is 5.06. The zero-order chi connectivity index (χ0) is 26.2. The van der Waals surface area contributed by atoms with Crippen LogP contribution in [0.5, 0.6) is 5.75 Å². The number of aryl methyl sites for hydroxylation is 3. The number of fused-ring (bicyclic) bond motifs is 1. The Labute approximate surface area is 223 Å². The summed E-state index contributed by atoms with van der Waals surface area (Å²) in [5.41, 5.74) is 5.07. The second-order valence-electron chi connectivity index (χ2n) is 10.5. The summed E-state index contributed by atoms with van der Waals surface area (Å²) >= 11 is 0. The van der Waals surface area contributed by atoms with Crippen molar-refractivity contribution in [2.45, 2.75) is 39.8 Å². The normalized spacial score (nSPS) is 18.9. The topological polar surface area (TPSA) is 87.8 Å². The van der Waals surface area contributed by atoms with Crippen molar-refractivity contribution in [3.8, 4) is 17.0 Å². The van der Waals surface area contributed by atoms with Crippen LogP contribution in [0, 0.1) is 20.8 Å². The second-order valence-corrected chi connectivity index (χ2v) is 10.5. The Bertz CT molecular complexity index is 1410. The summed E-state index contributed by atoms with van der Waals surface area (Å²) in [5.74, 6) is 2.97. The average Bonchev–Trinajstić information content (AvgIpc) is 3.55. The molecule has 0 radical (unpaired) electrons. The number of ether oxygens (including phenoxy) is 1. The summed E-state index contributed by atoms with van der Waals surface area (Å²) in [7, 11) is 2.19. The van der Waals surface area contributed by atoms with E-state index in [0.717, 1.165) is 86.4 Å². The van der Waals surface area contributed by atoms with E-state index in [0.29, 0.717) is 11.6 Å². The van der Waals surface area contributed by atoms with Gasteiger partial charge in [0, 0.05) is 51.3 Å². The lowest BCUT2D eigenvalue weighted by atomic mass is 10.1. The van der Waals surface area contributed by atoms with Crippen LogP contribution in [0.25, 0.3) is 17.0 Å². The van der Waals surface area contributed by atoms with E-state index >= 15 is 0 Å². The average molecular weight is 514 g/mol. The lowest BCUT2D eigenvalue weighted by Crippen LogP contribution is -2.43. The quantitative estimate of drug-likeness (QED) is 0.386. The number of piperazine rings is 1. The maximum atomic E-state index is 6.42. The minimum absolute atomic E-state index is 0.0468. The van der Waals surface area contributed by atoms with Crippen LogP contribution in [0.15, 0.2) is 36.7 Å². The third-order valence-corrected chi connectivity index (χ3v) is 7.58. The van der Waals surface area contributed by atoms with Crippen LogP contribution in [0.3, 0.4) is 0 Å². The fraction of sp³-hybridized carbons (Fsp3) is 0.464. The highest BCUT2D eigenvalue weighted by molar-refractivity contribution is 5.59. The molecule has 2 aliphatic heterocycles. The Morgan fingerprint density at radius 1 is 0.921 bits per heavy atom. The molecular formula is C28H35N9O. The van der Waals surface area contributed by atoms with Gasteiger partial charge in [-0.05, 0) is 33.4 Å². The molecule has 4 aromatic rings. The van der Waals surface area contributed by atoms with Crippen molar-refractivity contribution in [1.82, 2.24) is 39.3 Å². The van der Waals surface area contributed by atoms with E-state index in [1.807, 2.05) is 33.2 Å². The Morgan fingerprint density at radius 2 is 1.71 bits per heavy atom. The first-order valence-corrected chi connectivity index (χ1v) is 13.4. The monoisotopic (exact) mass is 513 g/mol. The second kappa shape index (κ2) is 10.3. The zero-order valence-corrected chi connectivity index (χ0v) is 22.6. The third-order valence-electron chi connectivity index (χ3n) is 7.58. The van der Waals surface area contributed by atoms with Crippen molar-refractivity contribution < 1.29 is 4.74 Å². The molecule has 10 nitrogen and oxygen atoms in total. The standard InChI is InChI=1S/C28H35N9O/c1-19-27(20(2)37-28(31-19)32-21(3)33-37)38-24-9-10-36(18-24)26-16-29-25(15-30-26)23-7-5-22(6-8-23)17-35-13-11-34(4)12-14-35/h5-8,15-16,24H,9-14,17-18H2,1-4H3/t24-/m1/s1. The number of rotatable bonds is 6. The maximum absolute atomic E-state index is 6.42. The molecule has 198 valence electrons. The molecule has 0 amide bonds. The van der Waals surface area contributed by atoms with E-state index in [-0.39, 0.29) is 6.10 Å². The molecule has 5 heterocycles. The Balaban J connectivity index is 1.08. The van der Waals surface area contributed by atoms with Gasteiger partial charge in [-0.3, -0.25) is 9.88 Å². The molecule has 6 rings (SSSR count). The van der Waals surface area contributed by atoms with Crippen molar-refractivity contribution in [3.05, 3.63) is 59.4 Å². The highest BCUT2D eigenvalue weighted by Gasteiger charge is 2.27. The largest absolute Gasteiger partial charge is 0.485 e. The Kier molecular flexibility index (Phi) is 6.67. The smallest absolute Gasteiger partial charge is 0.253 e. The van der Waals surface area contributed by atoms with Crippen molar-refractivity contribution in [1.29, 1.82) is 0 Å². The minimum atomic E-state index is 0.0468. The molecule has 0 unspecified atom stereocenters. The molecule has 3 aromatic heterocycles. The van der Waals surface area contributed by atoms with Gasteiger partial charge in [-0.15, -0.1) is 5.10 Å². The fourth-order valence-corrected chi connectivity index (χ4v) is 5.31. The van der Waals surface area contributed by atoms with Gasteiger partial charge in [-0.1, -0.05) is 24.3 Å². The number of nitrogens with zero attached hydrogens (tertiary/aromatic N) is 9. The van der Waals surface area contributed by atoms with Gasteiger partial charge in [0.05, 0.1) is 36.0 Å². The molecule has 10 heteroatoms. The van der Waals surface area contributed by atoms with E-state index in [1.54, 1.807) is 4.52 Å². The fourth-order valence-electron chi connectivity index (χ4n) is 5.31. The van der Waals surface area contributed by atoms with E-state index in [1.165, 1.54) is 5.56 Å². The highest BCUT2D eigenvalue weighted by Crippen LogP contribution is 2.27. The molecule has 0 aliphatic carbocycles. The summed E-state index contributed by atoms with van der Waals surface area (Å²) in [5, 5.41) is 4.45. The molecule has 0 bridgehead atoms. The molecular weight excluding hydrogens is 478 g/mol. The van der Waals surface area contributed by atoms with Crippen LogP contribution in [0.1, 0.15) is 29.2 Å². The summed E-state index contributed by atoms with van der Waals surface area (Å²) in [6.45, 7) is 13.0. The van der Waals surface area contributed by atoms with Crippen LogP contribution in [0.4, 0.5) is 5.82 Å². The first-order chi connectivity index (χ1) is 18.4. The Morgan fingerprint density at radius 3 is 2.45 bits per heavy atom. The van der Waals surface area contributed by atoms with Gasteiger partial charge in [0.15, 0.2) is 5.75 Å². The zero-order valence-electron chi connectivity index (χ0n) is 22.6. The van der Waals surface area contributed by atoms with Crippen LogP contribution in [0.2, 0.25) is 0 Å². The van der Waals surface area contributed by atoms with Gasteiger partial charge in [0.2, 0.25) is 0 Å². The summed E-state index contributed by atoms with van der Waals surface area (Å²) in [4.78, 5) is 25.6. The van der Waals surface area contributed by atoms with E-state index in [2.05, 4.69) is 61.1 Å². The van der Waals surface area contributed by atoms with Crippen LogP contribution >= 0.6 is 0 Å². The van der Waals surface area contributed by atoms with E-state index < -0.39 is 0 Å². The molecule has 0 saturated carbocycles. The number of hydrogen-bond donors (Lipinski definition) is 0. The number of likely N-dealkylation sites (N-methyl/N-ethyl adjacent to an activating group) is 1. The summed E-state index contributed by atoms with van der Waals surface area (Å²) < 4.78 is 8.18. The number of hydrogen-bond acceptors (Lipinski definition) is 9. The predicted molar refractivity (Wildman–Crippen MR) is 146 cm³/mol. The SMILES string of the molecule is Cc1nc2nc(C)c(O[C@@H]3CCN(c4cnc(-c5ccc(CN6CCN(C)CC6)cc5)cn4)C3)c(C)n2n1. The molecule has 1 atom stereocenters. The van der Waals surface area contributed by atoms with Gasteiger partial charge in [0.1, 0.15) is 17.7 Å². The van der Waals surface area contributed by atoms with Crippen molar-refractivity contribution in [2.75, 3.05) is 51.2 Å². The number of anilines is 1. The predicted octanol–water partition coefficient (Wildman–Crippen LogP) is 2.91. The van der Waals surface area contributed by atoms with Crippen molar-refractivity contribution in [2.24, 2.45) is 0 Å². The molecule has 0 N–H and O–H groups in total. The van der Waals surface area contributed by atoms with Crippen LogP contribution < -0.4 is 9.64 Å². The van der Waals surface area contributed by atoms with Gasteiger partial charge in [0.25, 0.3) is 5.78 Å². The molecule has 2 saturated heterocycles. The van der Waals surface area contributed by atoms with Crippen molar-refractivity contribution >= 4 is 11.6 Å². The van der Waals surface area contributed by atoms with Crippen LogP contribution in [-0.2, 0) is 6.54 Å². The first kappa shape index (κ1) is 24.7. The number of benzene rings is 1. The Hall–Kier alpha value is -3.63. The van der Waals surface area contributed by atoms with Gasteiger partial charge in [-0.2, -0.15) is 9.50 Å². The van der Waals surface area contributed by atoms with Gasteiger partial charge >= 0.3 is 0 Å². The van der Waals surface area contributed by atoms with Gasteiger partial charge < -0.3 is 14.5 Å². The molecule has 38 heavy (non-hydrogen) atoms. The first-order valence-electron chi connectivity index (χ1n) is 13.4. The van der Waals surface area contributed by atoms with Gasteiger partial charge in [-0.25, -0.2) is 9.97 Å². The van der Waals surface area contributed by atoms with E-state index in [9.17, 15) is 0 Å². The minimum Gasteiger partial charge on any atom is -0.485 e. The van der Waals surface area contributed by atoms with Crippen LogP contribution in [-0.4, -0.2) is 91.8 Å². The van der Waals surface area contributed by atoms with Crippen molar-refractivity contribution in [3.63, 3.8) is 0 Å². The lowest BCUT2D eigenvalue weighted by Gasteiger charge is -2.32. The lowest BCUT2D eigenvalue weighted by molar-refractivity contribution is 0.148. The summed E-state index contributed by atoms with van der Waals surface area (Å²) in [6, 6.07) is 8.73. The van der Waals surface area contributed by atoms with E-state index in [4.69, 9.17) is 14.7 Å². The highest BCUT2D eigenvalue weighted by atomic mass is 16.5. The maximum Gasteiger partial charge on any atom is 0.253 e. The molecule has 1 aromatic carbocycles. The molecule has 0 spiro atoms. The molecule has 2 aliphatic rings. The summed E-state index contributed by atoms with van der Waals surface area (Å²) in [6.07, 6.45) is 4.70. The molecule has 2 fully saturated rings. The number of aromatic nitrogens is 6.